The van der Waals surface area contributed by atoms with Crippen molar-refractivity contribution in [2.45, 2.75) is 17.7 Å². The van der Waals surface area contributed by atoms with Crippen molar-refractivity contribution in [3.05, 3.63) is 64.9 Å². The van der Waals surface area contributed by atoms with Gasteiger partial charge in [0.1, 0.15) is 23.4 Å². The minimum absolute atomic E-state index is 0.0276. The van der Waals surface area contributed by atoms with Crippen molar-refractivity contribution in [3.8, 4) is 27.7 Å². The second kappa shape index (κ2) is 8.73. The van der Waals surface area contributed by atoms with Crippen LogP contribution in [-0.2, 0) is 16.4 Å². The molecule has 0 spiro atoms. The highest BCUT2D eigenvalue weighted by Crippen LogP contribution is 2.39. The first kappa shape index (κ1) is 22.7. The van der Waals surface area contributed by atoms with E-state index in [4.69, 9.17) is 9.72 Å². The van der Waals surface area contributed by atoms with Gasteiger partial charge in [-0.3, -0.25) is 9.52 Å². The number of carbonyl (C=O) groups is 1. The number of rotatable bonds is 1. The number of anilines is 1. The average Bonchev–Trinajstić information content (AvgIpc) is 3.54. The Balaban J connectivity index is 1.56. The highest BCUT2D eigenvalue weighted by Gasteiger charge is 2.21. The number of thiazole rings is 1. The predicted molar refractivity (Wildman–Crippen MR) is 138 cm³/mol. The van der Waals surface area contributed by atoms with Gasteiger partial charge in [0.05, 0.1) is 27.2 Å². The van der Waals surface area contributed by atoms with E-state index in [0.717, 1.165) is 25.8 Å². The van der Waals surface area contributed by atoms with Gasteiger partial charge in [-0.25, -0.2) is 28.4 Å². The molecule has 0 atom stereocenters. The summed E-state index contributed by atoms with van der Waals surface area (Å²) in [5.41, 5.74) is 3.37. The van der Waals surface area contributed by atoms with Crippen LogP contribution in [0.5, 0.6) is 5.88 Å². The second-order valence-electron chi connectivity index (χ2n) is 8.01. The van der Waals surface area contributed by atoms with Crippen molar-refractivity contribution < 1.29 is 17.9 Å². The van der Waals surface area contributed by atoms with E-state index in [1.165, 1.54) is 48.2 Å². The lowest BCUT2D eigenvalue weighted by atomic mass is 10.1. The number of benzene rings is 1. The normalized spacial score (nSPS) is 14.8. The van der Waals surface area contributed by atoms with Gasteiger partial charge >= 0.3 is 0 Å². The number of carbonyl (C=O) groups excluding carboxylic acids is 1. The third-order valence-electron chi connectivity index (χ3n) is 5.71. The number of aromatic nitrogens is 4. The molecule has 6 rings (SSSR count). The van der Waals surface area contributed by atoms with Gasteiger partial charge in [-0.2, -0.15) is 0 Å². The molecule has 0 saturated heterocycles. The molecule has 8 bridgehead atoms. The summed E-state index contributed by atoms with van der Waals surface area (Å²) in [6, 6.07) is 9.58. The van der Waals surface area contributed by atoms with E-state index in [9.17, 15) is 13.2 Å². The topological polar surface area (TPSA) is 124 Å². The summed E-state index contributed by atoms with van der Waals surface area (Å²) >= 11 is 2.93. The smallest absolute Gasteiger partial charge is 0.262 e. The van der Waals surface area contributed by atoms with Crippen molar-refractivity contribution in [1.29, 1.82) is 0 Å². The van der Waals surface area contributed by atoms with Crippen LogP contribution in [0.4, 0.5) is 5.69 Å². The maximum Gasteiger partial charge on any atom is 0.262 e. The minimum Gasteiger partial charge on any atom is -0.480 e. The SMILES string of the molecule is COc1ncc2cc1NS(=O)(=O)c1cccc(c1)C(=O)CCc1nc(cs1)-c1ncnc3cc-2sc13. The largest absolute Gasteiger partial charge is 0.480 e. The van der Waals surface area contributed by atoms with Gasteiger partial charge in [-0.15, -0.1) is 22.7 Å². The third-order valence-corrected chi connectivity index (χ3v) is 9.16. The van der Waals surface area contributed by atoms with Crippen LogP contribution in [0.2, 0.25) is 0 Å². The van der Waals surface area contributed by atoms with E-state index >= 15 is 0 Å². The van der Waals surface area contributed by atoms with Crippen molar-refractivity contribution in [1.82, 2.24) is 19.9 Å². The molecule has 5 aromatic rings. The molecule has 1 N–H and O–H groups in total. The number of fused-ring (bicyclic) bond motifs is 9. The number of nitrogens with one attached hydrogen (secondary N) is 1. The molecule has 0 aliphatic carbocycles. The number of pyridine rings is 1. The van der Waals surface area contributed by atoms with Crippen molar-refractivity contribution >= 4 is 54.4 Å². The summed E-state index contributed by atoms with van der Waals surface area (Å²) in [7, 11) is -2.61. The summed E-state index contributed by atoms with van der Waals surface area (Å²) < 4.78 is 35.2. The molecule has 0 saturated carbocycles. The number of thiophene rings is 1. The molecule has 0 fully saturated rings. The molecule has 4 aromatic heterocycles. The fourth-order valence-corrected chi connectivity index (χ4v) is 6.91. The van der Waals surface area contributed by atoms with Gasteiger partial charge in [-0.1, -0.05) is 12.1 Å². The zero-order valence-corrected chi connectivity index (χ0v) is 21.2. The molecule has 0 amide bonds. The number of methoxy groups -OCH3 is 1. The second-order valence-corrected chi connectivity index (χ2v) is 11.7. The molecule has 0 unspecified atom stereocenters. The maximum absolute atomic E-state index is 13.3. The fourth-order valence-electron chi connectivity index (χ4n) is 3.94. The molecule has 5 heterocycles. The first-order chi connectivity index (χ1) is 17.4. The standard InChI is InChI=1S/C24H17N5O4S3/c1-33-24-17-8-14(10-25-24)20-9-16-23(35-20)22(27-12-26-16)18-11-34-21(28-18)6-5-19(30)13-3-2-4-15(7-13)36(31,32)29-17/h2-4,7-12,29H,5-6H2,1H3. The summed E-state index contributed by atoms with van der Waals surface area (Å²) in [6.45, 7) is 0. The van der Waals surface area contributed by atoms with Gasteiger partial charge in [-0.05, 0) is 24.3 Å². The number of ether oxygens (including phenoxy) is 1. The van der Waals surface area contributed by atoms with E-state index in [-0.39, 0.29) is 28.7 Å². The van der Waals surface area contributed by atoms with E-state index in [2.05, 4.69) is 19.7 Å². The van der Waals surface area contributed by atoms with Gasteiger partial charge in [0.25, 0.3) is 10.0 Å². The molecule has 1 aliphatic heterocycles. The Labute approximate surface area is 213 Å². The van der Waals surface area contributed by atoms with Crippen LogP contribution in [0.15, 0.2) is 59.2 Å². The molecule has 12 heteroatoms. The Hall–Kier alpha value is -3.74. The molecule has 1 aromatic carbocycles. The third kappa shape index (κ3) is 4.02. The average molecular weight is 536 g/mol. The Morgan fingerprint density at radius 1 is 1.06 bits per heavy atom. The highest BCUT2D eigenvalue weighted by molar-refractivity contribution is 7.92. The van der Waals surface area contributed by atoms with Crippen LogP contribution in [0.25, 0.3) is 32.0 Å². The van der Waals surface area contributed by atoms with Gasteiger partial charge in [0.15, 0.2) is 5.78 Å². The van der Waals surface area contributed by atoms with E-state index in [1.807, 2.05) is 11.4 Å². The Bertz CT molecular complexity index is 1760. The first-order valence-electron chi connectivity index (χ1n) is 10.8. The molecule has 9 nitrogen and oxygen atoms in total. The molecular formula is C24H17N5O4S3. The Morgan fingerprint density at radius 2 is 1.94 bits per heavy atom. The van der Waals surface area contributed by atoms with Crippen LogP contribution >= 0.6 is 22.7 Å². The lowest BCUT2D eigenvalue weighted by Crippen LogP contribution is -2.15. The number of Topliss-reactive ketones (excluding diaryl/α,β-unsaturated/α-hetero) is 1. The molecule has 180 valence electrons. The summed E-state index contributed by atoms with van der Waals surface area (Å²) in [5, 5.41) is 2.73. The summed E-state index contributed by atoms with van der Waals surface area (Å²) in [4.78, 5) is 31.6. The molecule has 1 aliphatic rings. The Morgan fingerprint density at radius 3 is 2.81 bits per heavy atom. The lowest BCUT2D eigenvalue weighted by Gasteiger charge is -2.13. The molecular weight excluding hydrogens is 518 g/mol. The van der Waals surface area contributed by atoms with Gasteiger partial charge in [0.2, 0.25) is 5.88 Å². The lowest BCUT2D eigenvalue weighted by molar-refractivity contribution is 0.0982. The van der Waals surface area contributed by atoms with Gasteiger partial charge < -0.3 is 4.74 Å². The monoisotopic (exact) mass is 535 g/mol. The molecule has 36 heavy (non-hydrogen) atoms. The number of nitrogens with zero attached hydrogens (tertiary/aromatic N) is 4. The van der Waals surface area contributed by atoms with Crippen LogP contribution in [0.3, 0.4) is 0 Å². The van der Waals surface area contributed by atoms with Crippen molar-refractivity contribution in [2.75, 3.05) is 11.8 Å². The quantitative estimate of drug-likeness (QED) is 0.324. The Kier molecular flexibility index (Phi) is 5.51. The van der Waals surface area contributed by atoms with E-state index in [0.29, 0.717) is 23.2 Å². The molecule has 0 radical (unpaired) electrons. The first-order valence-corrected chi connectivity index (χ1v) is 14.0. The number of hydrogen-bond acceptors (Lipinski definition) is 10. The number of hydrogen-bond donors (Lipinski definition) is 1. The summed E-state index contributed by atoms with van der Waals surface area (Å²) in [6.07, 6.45) is 3.76. The predicted octanol–water partition coefficient (Wildman–Crippen LogP) is 4.82. The van der Waals surface area contributed by atoms with E-state index < -0.39 is 10.0 Å². The van der Waals surface area contributed by atoms with Crippen LogP contribution in [0.1, 0.15) is 21.8 Å². The zero-order valence-electron chi connectivity index (χ0n) is 18.8. The highest BCUT2D eigenvalue weighted by atomic mass is 32.2. The number of aryl methyl sites for hydroxylation is 1. The van der Waals surface area contributed by atoms with Crippen LogP contribution < -0.4 is 9.46 Å². The van der Waals surface area contributed by atoms with Crippen molar-refractivity contribution in [2.24, 2.45) is 0 Å². The van der Waals surface area contributed by atoms with Crippen molar-refractivity contribution in [3.63, 3.8) is 0 Å². The van der Waals surface area contributed by atoms with Crippen LogP contribution in [-0.4, -0.2) is 41.2 Å². The number of sulfonamides is 1. The minimum atomic E-state index is -4.03. The maximum atomic E-state index is 13.3. The summed E-state index contributed by atoms with van der Waals surface area (Å²) in [5.74, 6) is -0.0426. The van der Waals surface area contributed by atoms with Gasteiger partial charge in [0, 0.05) is 40.4 Å². The van der Waals surface area contributed by atoms with Crippen LogP contribution in [0, 0.1) is 0 Å². The number of ketones is 1. The fraction of sp³-hybridized carbons (Fsp3) is 0.125. The van der Waals surface area contributed by atoms with E-state index in [1.54, 1.807) is 24.4 Å². The zero-order chi connectivity index (χ0) is 24.9.